The molecule has 0 aromatic carbocycles. The third kappa shape index (κ3) is 2.78. The molecule has 0 aliphatic carbocycles. The molecule has 0 bridgehead atoms. The molecule has 0 saturated carbocycles. The number of aromatic nitrogens is 2. The summed E-state index contributed by atoms with van der Waals surface area (Å²) >= 11 is 1.45. The van der Waals surface area contributed by atoms with E-state index in [9.17, 15) is 4.79 Å². The third-order valence-electron chi connectivity index (χ3n) is 3.32. The summed E-state index contributed by atoms with van der Waals surface area (Å²) in [6.07, 6.45) is 0.870. The van der Waals surface area contributed by atoms with Gasteiger partial charge in [0.25, 0.3) is 0 Å². The van der Waals surface area contributed by atoms with Crippen LogP contribution in [0, 0.1) is 0 Å². The van der Waals surface area contributed by atoms with E-state index in [-0.39, 0.29) is 11.9 Å². The van der Waals surface area contributed by atoms with E-state index >= 15 is 0 Å². The van der Waals surface area contributed by atoms with Crippen molar-refractivity contribution in [2.75, 3.05) is 31.1 Å². The Bertz CT molecular complexity index is 413. The predicted molar refractivity (Wildman–Crippen MR) is 71.7 cm³/mol. The molecule has 1 unspecified atom stereocenters. The van der Waals surface area contributed by atoms with Crippen LogP contribution in [0.25, 0.3) is 0 Å². The van der Waals surface area contributed by atoms with Gasteiger partial charge in [0.2, 0.25) is 11.0 Å². The van der Waals surface area contributed by atoms with Gasteiger partial charge in [0, 0.05) is 44.1 Å². The molecule has 1 aromatic rings. The van der Waals surface area contributed by atoms with Gasteiger partial charge in [-0.15, -0.1) is 0 Å². The Labute approximate surface area is 111 Å². The third-order valence-corrected chi connectivity index (χ3v) is 4.13. The SMILES string of the molecule is CCc1nsc(N2CCN(C(C)C(N)=O)CC2)n1. The van der Waals surface area contributed by atoms with Crippen molar-refractivity contribution in [3.63, 3.8) is 0 Å². The molecule has 2 heterocycles. The van der Waals surface area contributed by atoms with Crippen LogP contribution in [0.15, 0.2) is 0 Å². The number of hydrogen-bond donors (Lipinski definition) is 1. The number of rotatable bonds is 4. The van der Waals surface area contributed by atoms with Crippen molar-refractivity contribution in [1.82, 2.24) is 14.3 Å². The highest BCUT2D eigenvalue weighted by Gasteiger charge is 2.25. The fourth-order valence-electron chi connectivity index (χ4n) is 2.00. The fourth-order valence-corrected chi connectivity index (χ4v) is 2.80. The van der Waals surface area contributed by atoms with Gasteiger partial charge >= 0.3 is 0 Å². The number of piperazine rings is 1. The Morgan fingerprint density at radius 2 is 2.11 bits per heavy atom. The van der Waals surface area contributed by atoms with Crippen LogP contribution in [0.2, 0.25) is 0 Å². The van der Waals surface area contributed by atoms with Crippen molar-refractivity contribution in [2.24, 2.45) is 5.73 Å². The number of nitrogens with two attached hydrogens (primary N) is 1. The van der Waals surface area contributed by atoms with Crippen LogP contribution in [0.4, 0.5) is 5.13 Å². The van der Waals surface area contributed by atoms with E-state index in [0.717, 1.165) is 43.6 Å². The fraction of sp³-hybridized carbons (Fsp3) is 0.727. The first kappa shape index (κ1) is 13.2. The van der Waals surface area contributed by atoms with Gasteiger partial charge in [0.05, 0.1) is 6.04 Å². The van der Waals surface area contributed by atoms with Crippen molar-refractivity contribution in [1.29, 1.82) is 0 Å². The summed E-state index contributed by atoms with van der Waals surface area (Å²) < 4.78 is 4.29. The first-order valence-electron chi connectivity index (χ1n) is 6.22. The quantitative estimate of drug-likeness (QED) is 0.839. The summed E-state index contributed by atoms with van der Waals surface area (Å²) in [7, 11) is 0. The van der Waals surface area contributed by atoms with E-state index in [1.54, 1.807) is 0 Å². The summed E-state index contributed by atoms with van der Waals surface area (Å²) in [5.74, 6) is 0.649. The zero-order valence-electron chi connectivity index (χ0n) is 10.8. The maximum absolute atomic E-state index is 11.1. The van der Waals surface area contributed by atoms with Crippen LogP contribution < -0.4 is 10.6 Å². The molecule has 1 aliphatic heterocycles. The minimum Gasteiger partial charge on any atom is -0.368 e. The molecular weight excluding hydrogens is 250 g/mol. The van der Waals surface area contributed by atoms with Crippen LogP contribution >= 0.6 is 11.5 Å². The van der Waals surface area contributed by atoms with Crippen LogP contribution in [0.5, 0.6) is 0 Å². The lowest BCUT2D eigenvalue weighted by atomic mass is 10.2. The largest absolute Gasteiger partial charge is 0.368 e. The number of nitrogens with zero attached hydrogens (tertiary/aromatic N) is 4. The first-order chi connectivity index (χ1) is 8.61. The van der Waals surface area contributed by atoms with Gasteiger partial charge in [-0.05, 0) is 6.92 Å². The Morgan fingerprint density at radius 3 is 2.61 bits per heavy atom. The van der Waals surface area contributed by atoms with Crippen LogP contribution in [-0.2, 0) is 11.2 Å². The van der Waals surface area contributed by atoms with Gasteiger partial charge in [-0.2, -0.15) is 4.37 Å². The predicted octanol–water partition coefficient (Wildman–Crippen LogP) is 0.0963. The Hall–Kier alpha value is -1.21. The molecule has 0 spiro atoms. The van der Waals surface area contributed by atoms with Gasteiger partial charge in [-0.25, -0.2) is 4.98 Å². The van der Waals surface area contributed by atoms with E-state index in [1.807, 2.05) is 6.92 Å². The second-order valence-corrected chi connectivity index (χ2v) is 5.18. The van der Waals surface area contributed by atoms with Crippen molar-refractivity contribution in [3.8, 4) is 0 Å². The number of carbonyl (C=O) groups excluding carboxylic acids is 1. The van der Waals surface area contributed by atoms with Crippen molar-refractivity contribution >= 4 is 22.6 Å². The summed E-state index contributed by atoms with van der Waals surface area (Å²) in [6, 6.07) is -0.187. The highest BCUT2D eigenvalue weighted by molar-refractivity contribution is 7.09. The maximum Gasteiger partial charge on any atom is 0.234 e. The molecule has 1 atom stereocenters. The Balaban J connectivity index is 1.92. The summed E-state index contributed by atoms with van der Waals surface area (Å²) in [5.41, 5.74) is 5.32. The van der Waals surface area contributed by atoms with Crippen molar-refractivity contribution < 1.29 is 4.79 Å². The van der Waals surface area contributed by atoms with Gasteiger partial charge in [-0.1, -0.05) is 6.92 Å². The lowest BCUT2D eigenvalue weighted by molar-refractivity contribution is -0.122. The lowest BCUT2D eigenvalue weighted by Crippen LogP contribution is -2.53. The van der Waals surface area contributed by atoms with Crippen LogP contribution in [0.3, 0.4) is 0 Å². The van der Waals surface area contributed by atoms with E-state index in [2.05, 4.69) is 26.1 Å². The van der Waals surface area contributed by atoms with Gasteiger partial charge in [0.15, 0.2) is 0 Å². The van der Waals surface area contributed by atoms with Crippen molar-refractivity contribution in [2.45, 2.75) is 26.3 Å². The lowest BCUT2D eigenvalue weighted by Gasteiger charge is -2.36. The molecular formula is C11H19N5OS. The van der Waals surface area contributed by atoms with E-state index in [1.165, 1.54) is 11.5 Å². The van der Waals surface area contributed by atoms with Crippen molar-refractivity contribution in [3.05, 3.63) is 5.82 Å². The average Bonchev–Trinajstić information content (AvgIpc) is 2.86. The summed E-state index contributed by atoms with van der Waals surface area (Å²) in [6.45, 7) is 7.33. The smallest absolute Gasteiger partial charge is 0.234 e. The molecule has 0 radical (unpaired) electrons. The average molecular weight is 269 g/mol. The number of amides is 1. The summed E-state index contributed by atoms with van der Waals surface area (Å²) in [5, 5.41) is 0.984. The van der Waals surface area contributed by atoms with Gasteiger partial charge < -0.3 is 10.6 Å². The molecule has 1 saturated heterocycles. The standard InChI is InChI=1S/C11H19N5OS/c1-3-9-13-11(18-14-9)16-6-4-15(5-7-16)8(2)10(12)17/h8H,3-7H2,1-2H3,(H2,12,17). The number of hydrogen-bond acceptors (Lipinski definition) is 6. The molecule has 1 amide bonds. The van der Waals surface area contributed by atoms with E-state index in [4.69, 9.17) is 5.73 Å². The Morgan fingerprint density at radius 1 is 1.44 bits per heavy atom. The zero-order valence-corrected chi connectivity index (χ0v) is 11.6. The number of aryl methyl sites for hydroxylation is 1. The molecule has 100 valence electrons. The van der Waals surface area contributed by atoms with Crippen LogP contribution in [-0.4, -0.2) is 52.4 Å². The van der Waals surface area contributed by atoms with Gasteiger partial charge in [0.1, 0.15) is 5.82 Å². The summed E-state index contributed by atoms with van der Waals surface area (Å²) in [4.78, 5) is 20.0. The Kier molecular flexibility index (Phi) is 4.13. The minimum atomic E-state index is -0.257. The monoisotopic (exact) mass is 269 g/mol. The molecule has 2 rings (SSSR count). The van der Waals surface area contributed by atoms with Crippen LogP contribution in [0.1, 0.15) is 19.7 Å². The molecule has 1 aromatic heterocycles. The number of anilines is 1. The van der Waals surface area contributed by atoms with E-state index < -0.39 is 0 Å². The first-order valence-corrected chi connectivity index (χ1v) is 7.00. The minimum absolute atomic E-state index is 0.187. The van der Waals surface area contributed by atoms with Gasteiger partial charge in [-0.3, -0.25) is 9.69 Å². The highest BCUT2D eigenvalue weighted by atomic mass is 32.1. The highest BCUT2D eigenvalue weighted by Crippen LogP contribution is 2.19. The topological polar surface area (TPSA) is 75.3 Å². The number of primary amides is 1. The molecule has 1 fully saturated rings. The molecule has 2 N–H and O–H groups in total. The number of carbonyl (C=O) groups is 1. The zero-order chi connectivity index (χ0) is 13.1. The van der Waals surface area contributed by atoms with E-state index in [0.29, 0.717) is 0 Å². The molecule has 6 nitrogen and oxygen atoms in total. The second-order valence-electron chi connectivity index (χ2n) is 4.45. The molecule has 18 heavy (non-hydrogen) atoms. The maximum atomic E-state index is 11.1. The molecule has 7 heteroatoms. The second kappa shape index (κ2) is 5.62. The normalized spacial score (nSPS) is 18.9. The molecule has 1 aliphatic rings.